The lowest BCUT2D eigenvalue weighted by Gasteiger charge is -2.10. The van der Waals surface area contributed by atoms with Gasteiger partial charge in [-0.05, 0) is 44.0 Å². The highest BCUT2D eigenvalue weighted by Gasteiger charge is 2.11. The van der Waals surface area contributed by atoms with Crippen LogP contribution in [0.5, 0.6) is 0 Å². The van der Waals surface area contributed by atoms with Gasteiger partial charge in [0.25, 0.3) is 5.91 Å². The highest BCUT2D eigenvalue weighted by atomic mass is 16.1. The first kappa shape index (κ1) is 26.0. The lowest BCUT2D eigenvalue weighted by molar-refractivity contribution is 0.0953. The molecule has 4 heteroatoms. The molecular formula is C30H43N3O. The van der Waals surface area contributed by atoms with Gasteiger partial charge in [0, 0.05) is 25.1 Å². The second-order valence-electron chi connectivity index (χ2n) is 9.58. The van der Waals surface area contributed by atoms with Gasteiger partial charge < -0.3 is 9.88 Å². The van der Waals surface area contributed by atoms with Crippen molar-refractivity contribution in [1.29, 1.82) is 0 Å². The van der Waals surface area contributed by atoms with Crippen molar-refractivity contribution in [2.45, 2.75) is 97.4 Å². The molecule has 0 saturated heterocycles. The molecular weight excluding hydrogens is 418 g/mol. The molecule has 0 aliphatic rings. The van der Waals surface area contributed by atoms with Crippen LogP contribution in [-0.2, 0) is 13.0 Å². The van der Waals surface area contributed by atoms with Crippen LogP contribution in [0.15, 0.2) is 48.5 Å². The maximum atomic E-state index is 12.4. The van der Waals surface area contributed by atoms with E-state index in [1.54, 1.807) is 0 Å². The van der Waals surface area contributed by atoms with Crippen molar-refractivity contribution >= 4 is 16.9 Å². The minimum Gasteiger partial charge on any atom is -0.352 e. The van der Waals surface area contributed by atoms with Gasteiger partial charge in [0.2, 0.25) is 0 Å². The molecule has 1 N–H and O–H groups in total. The second-order valence-corrected chi connectivity index (χ2v) is 9.58. The summed E-state index contributed by atoms with van der Waals surface area (Å²) < 4.78 is 2.40. The summed E-state index contributed by atoms with van der Waals surface area (Å²) in [5.41, 5.74) is 4.20. The Balaban J connectivity index is 1.42. The van der Waals surface area contributed by atoms with Crippen molar-refractivity contribution in [3.8, 4) is 0 Å². The third-order valence-electron chi connectivity index (χ3n) is 6.65. The van der Waals surface area contributed by atoms with E-state index in [-0.39, 0.29) is 5.91 Å². The minimum absolute atomic E-state index is 0.00105. The molecule has 2 aromatic carbocycles. The van der Waals surface area contributed by atoms with E-state index in [4.69, 9.17) is 4.98 Å². The number of rotatable bonds is 16. The van der Waals surface area contributed by atoms with E-state index in [2.05, 4.69) is 41.1 Å². The molecule has 0 atom stereocenters. The first-order valence-corrected chi connectivity index (χ1v) is 13.5. The molecule has 34 heavy (non-hydrogen) atoms. The number of aromatic nitrogens is 2. The highest BCUT2D eigenvalue weighted by molar-refractivity contribution is 5.94. The lowest BCUT2D eigenvalue weighted by Crippen LogP contribution is -2.25. The van der Waals surface area contributed by atoms with Gasteiger partial charge in [-0.1, -0.05) is 94.5 Å². The minimum atomic E-state index is -0.00105. The number of unbranched alkanes of at least 4 members (excludes halogenated alkanes) is 9. The maximum Gasteiger partial charge on any atom is 0.251 e. The Hall–Kier alpha value is -2.62. The van der Waals surface area contributed by atoms with Crippen LogP contribution in [0.3, 0.4) is 0 Å². The molecule has 1 amide bonds. The van der Waals surface area contributed by atoms with Crippen LogP contribution < -0.4 is 5.32 Å². The molecule has 1 aromatic heterocycles. The highest BCUT2D eigenvalue weighted by Crippen LogP contribution is 2.19. The van der Waals surface area contributed by atoms with Crippen LogP contribution in [0.2, 0.25) is 0 Å². The van der Waals surface area contributed by atoms with Gasteiger partial charge >= 0.3 is 0 Å². The first-order valence-electron chi connectivity index (χ1n) is 13.5. The summed E-state index contributed by atoms with van der Waals surface area (Å²) in [6, 6.07) is 16.2. The Morgan fingerprint density at radius 2 is 1.47 bits per heavy atom. The number of hydrogen-bond donors (Lipinski definition) is 1. The average molecular weight is 462 g/mol. The molecule has 0 unspecified atom stereocenters. The molecule has 184 valence electrons. The van der Waals surface area contributed by atoms with E-state index >= 15 is 0 Å². The molecule has 0 bridgehead atoms. The third-order valence-corrected chi connectivity index (χ3v) is 6.65. The van der Waals surface area contributed by atoms with Crippen LogP contribution in [0.25, 0.3) is 11.0 Å². The quantitative estimate of drug-likeness (QED) is 0.223. The fourth-order valence-electron chi connectivity index (χ4n) is 4.58. The number of amides is 1. The summed E-state index contributed by atoms with van der Waals surface area (Å²) in [7, 11) is 0. The zero-order valence-corrected chi connectivity index (χ0v) is 21.3. The van der Waals surface area contributed by atoms with E-state index in [9.17, 15) is 4.79 Å². The molecule has 3 rings (SSSR count). The van der Waals surface area contributed by atoms with Gasteiger partial charge in [-0.2, -0.15) is 0 Å². The monoisotopic (exact) mass is 461 g/mol. The summed E-state index contributed by atoms with van der Waals surface area (Å²) in [6.45, 7) is 6.00. The standard InChI is InChI=1S/C30H43N3O/c1-3-4-5-6-7-8-9-10-11-14-24-33-28-17-13-12-16-27(28)32-29(33)18-15-23-31-30(34)26-21-19-25(2)20-22-26/h12-13,16-17,19-22H,3-11,14-15,18,23-24H2,1-2H3,(H,31,34). The Labute approximate surface area is 206 Å². The normalized spacial score (nSPS) is 11.2. The van der Waals surface area contributed by atoms with Crippen LogP contribution >= 0.6 is 0 Å². The smallest absolute Gasteiger partial charge is 0.251 e. The number of para-hydroxylation sites is 2. The molecule has 4 nitrogen and oxygen atoms in total. The van der Waals surface area contributed by atoms with Crippen LogP contribution in [0, 0.1) is 6.92 Å². The SMILES string of the molecule is CCCCCCCCCCCCn1c(CCCNC(=O)c2ccc(C)cc2)nc2ccccc21. The topological polar surface area (TPSA) is 46.9 Å². The van der Waals surface area contributed by atoms with Crippen LogP contribution in [0.4, 0.5) is 0 Å². The first-order chi connectivity index (χ1) is 16.7. The number of nitrogens with zero attached hydrogens (tertiary/aromatic N) is 2. The Kier molecular flexibility index (Phi) is 11.2. The fourth-order valence-corrected chi connectivity index (χ4v) is 4.58. The van der Waals surface area contributed by atoms with Crippen LogP contribution in [-0.4, -0.2) is 22.0 Å². The lowest BCUT2D eigenvalue weighted by atomic mass is 10.1. The molecule has 0 radical (unpaired) electrons. The van der Waals surface area contributed by atoms with Crippen molar-refractivity contribution in [2.24, 2.45) is 0 Å². The van der Waals surface area contributed by atoms with Crippen molar-refractivity contribution in [3.63, 3.8) is 0 Å². The van der Waals surface area contributed by atoms with Crippen molar-refractivity contribution in [1.82, 2.24) is 14.9 Å². The van der Waals surface area contributed by atoms with Gasteiger partial charge in [-0.15, -0.1) is 0 Å². The molecule has 0 saturated carbocycles. The predicted octanol–water partition coefficient (Wildman–Crippen LogP) is 7.63. The molecule has 0 aliphatic carbocycles. The molecule has 0 spiro atoms. The number of aryl methyl sites for hydroxylation is 3. The van der Waals surface area contributed by atoms with E-state index in [1.807, 2.05) is 31.2 Å². The summed E-state index contributed by atoms with van der Waals surface area (Å²) in [5, 5.41) is 3.05. The van der Waals surface area contributed by atoms with Crippen molar-refractivity contribution in [3.05, 3.63) is 65.5 Å². The number of carbonyl (C=O) groups excluding carboxylic acids is 1. The molecule has 1 heterocycles. The van der Waals surface area contributed by atoms with Gasteiger partial charge in [-0.3, -0.25) is 4.79 Å². The van der Waals surface area contributed by atoms with Crippen LogP contribution in [0.1, 0.15) is 99.3 Å². The molecule has 0 aliphatic heterocycles. The Morgan fingerprint density at radius 3 is 2.18 bits per heavy atom. The number of imidazole rings is 1. The van der Waals surface area contributed by atoms with Crippen molar-refractivity contribution in [2.75, 3.05) is 6.54 Å². The Bertz CT molecular complexity index is 990. The van der Waals surface area contributed by atoms with Gasteiger partial charge in [0.05, 0.1) is 11.0 Å². The number of carbonyl (C=O) groups is 1. The van der Waals surface area contributed by atoms with E-state index in [0.29, 0.717) is 6.54 Å². The number of nitrogens with one attached hydrogen (secondary N) is 1. The zero-order valence-electron chi connectivity index (χ0n) is 21.3. The van der Waals surface area contributed by atoms with E-state index in [0.717, 1.165) is 41.9 Å². The fraction of sp³-hybridized carbons (Fsp3) is 0.533. The summed E-state index contributed by atoms with van der Waals surface area (Å²) in [5.74, 6) is 1.14. The summed E-state index contributed by atoms with van der Waals surface area (Å²) in [4.78, 5) is 17.3. The average Bonchev–Trinajstić information content (AvgIpc) is 3.20. The summed E-state index contributed by atoms with van der Waals surface area (Å²) >= 11 is 0. The van der Waals surface area contributed by atoms with Gasteiger partial charge in [-0.25, -0.2) is 4.98 Å². The zero-order chi connectivity index (χ0) is 24.0. The van der Waals surface area contributed by atoms with Gasteiger partial charge in [0.1, 0.15) is 5.82 Å². The number of fused-ring (bicyclic) bond motifs is 1. The number of hydrogen-bond acceptors (Lipinski definition) is 2. The van der Waals surface area contributed by atoms with Crippen molar-refractivity contribution < 1.29 is 4.79 Å². The van der Waals surface area contributed by atoms with E-state index in [1.165, 1.54) is 69.7 Å². The second kappa shape index (κ2) is 14.6. The summed E-state index contributed by atoms with van der Waals surface area (Å²) in [6.07, 6.45) is 15.3. The number of benzene rings is 2. The maximum absolute atomic E-state index is 12.4. The largest absolute Gasteiger partial charge is 0.352 e. The third kappa shape index (κ3) is 8.30. The molecule has 3 aromatic rings. The molecule has 0 fully saturated rings. The van der Waals surface area contributed by atoms with E-state index < -0.39 is 0 Å². The Morgan fingerprint density at radius 1 is 0.824 bits per heavy atom. The van der Waals surface area contributed by atoms with Gasteiger partial charge in [0.15, 0.2) is 0 Å². The predicted molar refractivity (Wildman–Crippen MR) is 143 cm³/mol.